The summed E-state index contributed by atoms with van der Waals surface area (Å²) in [4.78, 5) is 0. The van der Waals surface area contributed by atoms with Gasteiger partial charge in [-0.05, 0) is 30.5 Å². The zero-order valence-corrected chi connectivity index (χ0v) is 10.6. The minimum absolute atomic E-state index is 0.0258. The first kappa shape index (κ1) is 14.4. The molecule has 0 aliphatic carbocycles. The Morgan fingerprint density at radius 1 is 1.53 bits per heavy atom. The van der Waals surface area contributed by atoms with Crippen LogP contribution in [-0.2, 0) is 11.2 Å². The van der Waals surface area contributed by atoms with Gasteiger partial charge in [0.05, 0.1) is 11.6 Å². The van der Waals surface area contributed by atoms with E-state index in [0.29, 0.717) is 19.6 Å². The quantitative estimate of drug-likeness (QED) is 0.449. The van der Waals surface area contributed by atoms with Gasteiger partial charge in [0, 0.05) is 12.6 Å². The smallest absolute Gasteiger partial charge is 0.142 e. The molecule has 1 atom stereocenters. The first-order valence-corrected chi connectivity index (χ1v) is 6.03. The standard InChI is InChI=1S/C12H18ClFN2O/c1-2-5-17-8-10(16-15)6-9-3-4-11(13)12(14)7-9/h3-4,7,10,16H,2,5-6,8,15H2,1H3. The van der Waals surface area contributed by atoms with Gasteiger partial charge in [-0.25, -0.2) is 4.39 Å². The number of rotatable bonds is 7. The topological polar surface area (TPSA) is 47.3 Å². The van der Waals surface area contributed by atoms with Crippen molar-refractivity contribution in [2.45, 2.75) is 25.8 Å². The molecule has 3 nitrogen and oxygen atoms in total. The minimum Gasteiger partial charge on any atom is -0.380 e. The van der Waals surface area contributed by atoms with E-state index < -0.39 is 5.82 Å². The van der Waals surface area contributed by atoms with Gasteiger partial charge in [0.25, 0.3) is 0 Å². The highest BCUT2D eigenvalue weighted by Crippen LogP contribution is 2.16. The molecule has 1 rings (SSSR count). The first-order chi connectivity index (χ1) is 8.17. The van der Waals surface area contributed by atoms with Crippen LogP contribution in [0, 0.1) is 5.82 Å². The molecule has 0 heterocycles. The summed E-state index contributed by atoms with van der Waals surface area (Å²) in [5.74, 6) is 5.01. The van der Waals surface area contributed by atoms with Gasteiger partial charge in [0.2, 0.25) is 0 Å². The van der Waals surface area contributed by atoms with Crippen molar-refractivity contribution in [3.05, 3.63) is 34.6 Å². The van der Waals surface area contributed by atoms with Gasteiger partial charge >= 0.3 is 0 Å². The van der Waals surface area contributed by atoms with Gasteiger partial charge in [-0.2, -0.15) is 0 Å². The SMILES string of the molecule is CCCOCC(Cc1ccc(Cl)c(F)c1)NN. The van der Waals surface area contributed by atoms with Crippen LogP contribution in [-0.4, -0.2) is 19.3 Å². The Kier molecular flexibility index (Phi) is 6.44. The summed E-state index contributed by atoms with van der Waals surface area (Å²) in [5, 5.41) is 0.133. The molecule has 1 aromatic rings. The van der Waals surface area contributed by atoms with Crippen LogP contribution in [0.2, 0.25) is 5.02 Å². The molecule has 1 unspecified atom stereocenters. The zero-order chi connectivity index (χ0) is 12.7. The van der Waals surface area contributed by atoms with E-state index in [2.05, 4.69) is 5.43 Å². The summed E-state index contributed by atoms with van der Waals surface area (Å²) in [6.45, 7) is 3.25. The number of ether oxygens (including phenoxy) is 1. The molecule has 0 aliphatic heterocycles. The Morgan fingerprint density at radius 2 is 2.29 bits per heavy atom. The van der Waals surface area contributed by atoms with Crippen LogP contribution in [0.5, 0.6) is 0 Å². The molecule has 0 aromatic heterocycles. The van der Waals surface area contributed by atoms with Crippen molar-refractivity contribution in [2.24, 2.45) is 5.84 Å². The van der Waals surface area contributed by atoms with Crippen molar-refractivity contribution in [3.63, 3.8) is 0 Å². The zero-order valence-electron chi connectivity index (χ0n) is 9.88. The van der Waals surface area contributed by atoms with Crippen LogP contribution >= 0.6 is 11.6 Å². The highest BCUT2D eigenvalue weighted by atomic mass is 35.5. The van der Waals surface area contributed by atoms with E-state index in [1.807, 2.05) is 6.92 Å². The van der Waals surface area contributed by atoms with Crippen molar-refractivity contribution >= 4 is 11.6 Å². The van der Waals surface area contributed by atoms with E-state index in [4.69, 9.17) is 22.2 Å². The molecule has 0 aliphatic rings. The number of hydrazine groups is 1. The van der Waals surface area contributed by atoms with E-state index in [0.717, 1.165) is 12.0 Å². The largest absolute Gasteiger partial charge is 0.380 e. The van der Waals surface area contributed by atoms with E-state index in [1.165, 1.54) is 6.07 Å². The fourth-order valence-corrected chi connectivity index (χ4v) is 1.60. The van der Waals surface area contributed by atoms with Gasteiger partial charge in [0.1, 0.15) is 5.82 Å². The normalized spacial score (nSPS) is 12.7. The molecule has 0 spiro atoms. The maximum Gasteiger partial charge on any atom is 0.142 e. The number of halogens is 2. The third-order valence-corrected chi connectivity index (χ3v) is 2.68. The van der Waals surface area contributed by atoms with Crippen molar-refractivity contribution in [1.82, 2.24) is 5.43 Å². The van der Waals surface area contributed by atoms with E-state index in [-0.39, 0.29) is 11.1 Å². The number of nitrogens with one attached hydrogen (secondary N) is 1. The molecular weight excluding hydrogens is 243 g/mol. The van der Waals surface area contributed by atoms with Crippen molar-refractivity contribution in [3.8, 4) is 0 Å². The molecule has 0 saturated carbocycles. The lowest BCUT2D eigenvalue weighted by Gasteiger charge is -2.16. The lowest BCUT2D eigenvalue weighted by Crippen LogP contribution is -2.40. The molecule has 0 radical (unpaired) electrons. The Morgan fingerprint density at radius 3 is 2.88 bits per heavy atom. The van der Waals surface area contributed by atoms with Gasteiger partial charge in [-0.1, -0.05) is 24.6 Å². The number of hydrogen-bond acceptors (Lipinski definition) is 3. The lowest BCUT2D eigenvalue weighted by atomic mass is 10.1. The molecule has 0 amide bonds. The van der Waals surface area contributed by atoms with Crippen LogP contribution in [0.15, 0.2) is 18.2 Å². The van der Waals surface area contributed by atoms with Crippen LogP contribution in [0.1, 0.15) is 18.9 Å². The van der Waals surface area contributed by atoms with Gasteiger partial charge in [-0.15, -0.1) is 0 Å². The second kappa shape index (κ2) is 7.61. The summed E-state index contributed by atoms with van der Waals surface area (Å²) in [6.07, 6.45) is 1.57. The third-order valence-electron chi connectivity index (χ3n) is 2.37. The van der Waals surface area contributed by atoms with E-state index in [1.54, 1.807) is 12.1 Å². The predicted molar refractivity (Wildman–Crippen MR) is 67.3 cm³/mol. The van der Waals surface area contributed by atoms with Crippen molar-refractivity contribution < 1.29 is 9.13 Å². The molecule has 5 heteroatoms. The predicted octanol–water partition coefficient (Wildman–Crippen LogP) is 2.28. The Hall–Kier alpha value is -0.680. The highest BCUT2D eigenvalue weighted by Gasteiger charge is 2.09. The number of hydrogen-bond donors (Lipinski definition) is 2. The molecule has 17 heavy (non-hydrogen) atoms. The Bertz CT molecular complexity index is 349. The summed E-state index contributed by atoms with van der Waals surface area (Å²) in [7, 11) is 0. The lowest BCUT2D eigenvalue weighted by molar-refractivity contribution is 0.112. The average Bonchev–Trinajstić information content (AvgIpc) is 2.32. The maximum atomic E-state index is 13.2. The van der Waals surface area contributed by atoms with Crippen LogP contribution in [0.4, 0.5) is 4.39 Å². The monoisotopic (exact) mass is 260 g/mol. The fourth-order valence-electron chi connectivity index (χ4n) is 1.49. The van der Waals surface area contributed by atoms with E-state index >= 15 is 0 Å². The second-order valence-electron chi connectivity index (χ2n) is 3.89. The molecule has 3 N–H and O–H groups in total. The van der Waals surface area contributed by atoms with Crippen LogP contribution in [0.3, 0.4) is 0 Å². The number of benzene rings is 1. The van der Waals surface area contributed by atoms with E-state index in [9.17, 15) is 4.39 Å². The molecule has 0 bridgehead atoms. The molecule has 1 aromatic carbocycles. The molecule has 0 saturated heterocycles. The first-order valence-electron chi connectivity index (χ1n) is 5.65. The fraction of sp³-hybridized carbons (Fsp3) is 0.500. The highest BCUT2D eigenvalue weighted by molar-refractivity contribution is 6.30. The number of nitrogens with two attached hydrogens (primary N) is 1. The Balaban J connectivity index is 2.51. The Labute approximate surface area is 106 Å². The van der Waals surface area contributed by atoms with Gasteiger partial charge in [-0.3, -0.25) is 11.3 Å². The summed E-state index contributed by atoms with van der Waals surface area (Å²) in [5.41, 5.74) is 3.51. The maximum absolute atomic E-state index is 13.2. The summed E-state index contributed by atoms with van der Waals surface area (Å²) >= 11 is 5.61. The van der Waals surface area contributed by atoms with Gasteiger partial charge < -0.3 is 4.74 Å². The van der Waals surface area contributed by atoms with Crippen molar-refractivity contribution in [2.75, 3.05) is 13.2 Å². The minimum atomic E-state index is -0.408. The molecule has 96 valence electrons. The van der Waals surface area contributed by atoms with Crippen LogP contribution < -0.4 is 11.3 Å². The average molecular weight is 261 g/mol. The third kappa shape index (κ3) is 5.00. The molecule has 0 fully saturated rings. The summed E-state index contributed by atoms with van der Waals surface area (Å²) in [6, 6.07) is 4.73. The van der Waals surface area contributed by atoms with Gasteiger partial charge in [0.15, 0.2) is 0 Å². The molecular formula is C12H18ClFN2O. The summed E-state index contributed by atoms with van der Waals surface area (Å²) < 4.78 is 18.6. The second-order valence-corrected chi connectivity index (χ2v) is 4.30. The van der Waals surface area contributed by atoms with Crippen LogP contribution in [0.25, 0.3) is 0 Å². The van der Waals surface area contributed by atoms with Crippen molar-refractivity contribution in [1.29, 1.82) is 0 Å².